The molecule has 0 aliphatic carbocycles. The van der Waals surface area contributed by atoms with Crippen molar-refractivity contribution in [2.45, 2.75) is 19.8 Å². The Morgan fingerprint density at radius 1 is 0.846 bits per heavy atom. The number of carbonyl (C=O) groups is 1. The van der Waals surface area contributed by atoms with Gasteiger partial charge in [-0.25, -0.2) is 0 Å². The molecule has 1 aliphatic rings. The number of piperidine rings is 1. The zero-order valence-electron chi connectivity index (χ0n) is 15.2. The average Bonchev–Trinajstić information content (AvgIpc) is 2.65. The molecule has 2 aromatic rings. The largest absolute Gasteiger partial charge is 0.295 e. The van der Waals surface area contributed by atoms with Gasteiger partial charge in [-0.1, -0.05) is 74.0 Å². The van der Waals surface area contributed by atoms with E-state index in [2.05, 4.69) is 11.8 Å². The first-order chi connectivity index (χ1) is 12.3. The number of Topliss-reactive ketones (excluding diaryl/α,β-unsaturated/α-hetero) is 1. The van der Waals surface area contributed by atoms with Crippen molar-refractivity contribution in [2.24, 2.45) is 0 Å². The lowest BCUT2D eigenvalue weighted by atomic mass is 9.94. The molecule has 0 N–H and O–H groups in total. The summed E-state index contributed by atoms with van der Waals surface area (Å²) in [4.78, 5) is 15.4. The number of rotatable bonds is 5. The van der Waals surface area contributed by atoms with Crippen LogP contribution in [0.1, 0.15) is 30.9 Å². The molecule has 2 aromatic carbocycles. The standard InChI is InChI=1S/C23H25NO.ClH/c1-2-3-14-24-17-21(15-19-10-6-4-7-11-19)23(25)22(18-24)16-20-12-8-5-9-13-20;/h4-13,15-16H,2-3,14,17-18H2,1H3;1H. The first-order valence-corrected chi connectivity index (χ1v) is 9.04. The lowest BCUT2D eigenvalue weighted by molar-refractivity contribution is -0.113. The Balaban J connectivity index is 0.00000243. The molecule has 26 heavy (non-hydrogen) atoms. The van der Waals surface area contributed by atoms with E-state index in [0.29, 0.717) is 0 Å². The minimum Gasteiger partial charge on any atom is -0.295 e. The maximum absolute atomic E-state index is 13.0. The van der Waals surface area contributed by atoms with Gasteiger partial charge >= 0.3 is 0 Å². The van der Waals surface area contributed by atoms with Gasteiger partial charge in [0.25, 0.3) is 0 Å². The minimum absolute atomic E-state index is 0. The Morgan fingerprint density at radius 3 is 1.73 bits per heavy atom. The van der Waals surface area contributed by atoms with E-state index < -0.39 is 0 Å². The molecule has 0 amide bonds. The fraction of sp³-hybridized carbons (Fsp3) is 0.261. The van der Waals surface area contributed by atoms with Gasteiger partial charge in [0.2, 0.25) is 0 Å². The molecule has 3 heteroatoms. The summed E-state index contributed by atoms with van der Waals surface area (Å²) in [5, 5.41) is 0. The van der Waals surface area contributed by atoms with Crippen LogP contribution in [0.2, 0.25) is 0 Å². The van der Waals surface area contributed by atoms with Crippen molar-refractivity contribution in [1.82, 2.24) is 4.90 Å². The Bertz CT molecular complexity index is 704. The van der Waals surface area contributed by atoms with Gasteiger partial charge in [0.1, 0.15) is 0 Å². The molecule has 0 radical (unpaired) electrons. The number of nitrogens with zero attached hydrogens (tertiary/aromatic N) is 1. The van der Waals surface area contributed by atoms with Gasteiger partial charge in [0.05, 0.1) is 0 Å². The van der Waals surface area contributed by atoms with Crippen LogP contribution in [0, 0.1) is 0 Å². The number of unbranched alkanes of at least 4 members (excludes halogenated alkanes) is 1. The SMILES string of the molecule is CCCCN1CC(=Cc2ccccc2)C(=O)C(=Cc2ccccc2)C1.Cl. The third-order valence-electron chi connectivity index (χ3n) is 4.48. The summed E-state index contributed by atoms with van der Waals surface area (Å²) in [6.45, 7) is 4.71. The third-order valence-corrected chi connectivity index (χ3v) is 4.48. The summed E-state index contributed by atoms with van der Waals surface area (Å²) in [6, 6.07) is 20.2. The van der Waals surface area contributed by atoms with E-state index in [4.69, 9.17) is 0 Å². The first-order valence-electron chi connectivity index (χ1n) is 9.04. The number of carbonyl (C=O) groups excluding carboxylic acids is 1. The number of benzene rings is 2. The monoisotopic (exact) mass is 367 g/mol. The highest BCUT2D eigenvalue weighted by Crippen LogP contribution is 2.22. The summed E-state index contributed by atoms with van der Waals surface area (Å²) in [6.07, 6.45) is 6.41. The first kappa shape index (κ1) is 20.2. The Labute approximate surface area is 162 Å². The van der Waals surface area contributed by atoms with Crippen molar-refractivity contribution in [1.29, 1.82) is 0 Å². The second-order valence-electron chi connectivity index (χ2n) is 6.55. The van der Waals surface area contributed by atoms with Crippen molar-refractivity contribution >= 4 is 30.3 Å². The predicted molar refractivity (Wildman–Crippen MR) is 112 cm³/mol. The molecule has 0 bridgehead atoms. The van der Waals surface area contributed by atoms with E-state index in [1.807, 2.05) is 72.8 Å². The number of ketones is 1. The number of hydrogen-bond donors (Lipinski definition) is 0. The molecule has 1 aliphatic heterocycles. The van der Waals surface area contributed by atoms with Crippen LogP contribution in [0.3, 0.4) is 0 Å². The smallest absolute Gasteiger partial charge is 0.187 e. The zero-order valence-corrected chi connectivity index (χ0v) is 16.0. The fourth-order valence-corrected chi connectivity index (χ4v) is 3.15. The molecule has 2 nitrogen and oxygen atoms in total. The topological polar surface area (TPSA) is 20.3 Å². The molecule has 1 heterocycles. The number of halogens is 1. The van der Waals surface area contributed by atoms with Gasteiger partial charge in [-0.2, -0.15) is 0 Å². The van der Waals surface area contributed by atoms with Crippen LogP contribution in [0.5, 0.6) is 0 Å². The van der Waals surface area contributed by atoms with Gasteiger partial charge < -0.3 is 0 Å². The van der Waals surface area contributed by atoms with Crippen molar-refractivity contribution in [2.75, 3.05) is 19.6 Å². The average molecular weight is 368 g/mol. The van der Waals surface area contributed by atoms with E-state index in [0.717, 1.165) is 48.3 Å². The van der Waals surface area contributed by atoms with Crippen molar-refractivity contribution in [3.05, 3.63) is 82.9 Å². The summed E-state index contributed by atoms with van der Waals surface area (Å²) >= 11 is 0. The van der Waals surface area contributed by atoms with E-state index in [9.17, 15) is 4.79 Å². The Morgan fingerprint density at radius 2 is 1.31 bits per heavy atom. The summed E-state index contributed by atoms with van der Waals surface area (Å²) in [5.74, 6) is 0.181. The number of hydrogen-bond acceptors (Lipinski definition) is 2. The van der Waals surface area contributed by atoms with Crippen LogP contribution in [-0.4, -0.2) is 30.3 Å². The van der Waals surface area contributed by atoms with Crippen LogP contribution in [0.15, 0.2) is 71.8 Å². The van der Waals surface area contributed by atoms with Crippen molar-refractivity contribution in [3.63, 3.8) is 0 Å². The second-order valence-corrected chi connectivity index (χ2v) is 6.55. The molecule has 0 atom stereocenters. The van der Waals surface area contributed by atoms with E-state index in [-0.39, 0.29) is 18.2 Å². The summed E-state index contributed by atoms with van der Waals surface area (Å²) in [5.41, 5.74) is 3.94. The number of likely N-dealkylation sites (tertiary alicyclic amines) is 1. The highest BCUT2D eigenvalue weighted by Gasteiger charge is 2.25. The van der Waals surface area contributed by atoms with Crippen molar-refractivity contribution in [3.8, 4) is 0 Å². The van der Waals surface area contributed by atoms with E-state index >= 15 is 0 Å². The minimum atomic E-state index is 0. The zero-order chi connectivity index (χ0) is 17.5. The van der Waals surface area contributed by atoms with E-state index in [1.165, 1.54) is 6.42 Å². The lowest BCUT2D eigenvalue weighted by Gasteiger charge is -2.29. The fourth-order valence-electron chi connectivity index (χ4n) is 3.15. The molecule has 0 unspecified atom stereocenters. The van der Waals surface area contributed by atoms with Gasteiger partial charge in [-0.3, -0.25) is 9.69 Å². The second kappa shape index (κ2) is 10.1. The van der Waals surface area contributed by atoms with Gasteiger partial charge in [-0.05, 0) is 36.2 Å². The lowest BCUT2D eigenvalue weighted by Crippen LogP contribution is -2.38. The van der Waals surface area contributed by atoms with Gasteiger partial charge in [-0.15, -0.1) is 12.4 Å². The highest BCUT2D eigenvalue weighted by molar-refractivity contribution is 6.14. The third kappa shape index (κ3) is 5.42. The Hall–Kier alpha value is -2.16. The summed E-state index contributed by atoms with van der Waals surface area (Å²) in [7, 11) is 0. The molecule has 1 saturated heterocycles. The van der Waals surface area contributed by atoms with Crippen molar-refractivity contribution < 1.29 is 4.79 Å². The maximum Gasteiger partial charge on any atom is 0.187 e. The Kier molecular flexibility index (Phi) is 7.83. The molecular weight excluding hydrogens is 342 g/mol. The van der Waals surface area contributed by atoms with Crippen LogP contribution in [0.4, 0.5) is 0 Å². The van der Waals surface area contributed by atoms with Crippen LogP contribution in [0.25, 0.3) is 12.2 Å². The molecule has 0 aromatic heterocycles. The molecule has 3 rings (SSSR count). The molecule has 1 fully saturated rings. The van der Waals surface area contributed by atoms with E-state index in [1.54, 1.807) is 0 Å². The van der Waals surface area contributed by atoms with Crippen LogP contribution >= 0.6 is 12.4 Å². The molecule has 136 valence electrons. The van der Waals surface area contributed by atoms with Crippen LogP contribution < -0.4 is 0 Å². The van der Waals surface area contributed by atoms with Gasteiger partial charge in [0.15, 0.2) is 5.78 Å². The predicted octanol–water partition coefficient (Wildman–Crippen LogP) is 5.26. The quantitative estimate of drug-likeness (QED) is 0.672. The normalized spacial score (nSPS) is 18.1. The van der Waals surface area contributed by atoms with Crippen LogP contribution in [-0.2, 0) is 4.79 Å². The van der Waals surface area contributed by atoms with Gasteiger partial charge in [0, 0.05) is 24.2 Å². The maximum atomic E-state index is 13.0. The molecule has 0 spiro atoms. The molecular formula is C23H26ClNO. The summed E-state index contributed by atoms with van der Waals surface area (Å²) < 4.78 is 0. The highest BCUT2D eigenvalue weighted by atomic mass is 35.5. The molecule has 0 saturated carbocycles.